The molecule has 36 heavy (non-hydrogen) atoms. The fourth-order valence-electron chi connectivity index (χ4n) is 5.73. The second-order valence-electron chi connectivity index (χ2n) is 11.0. The summed E-state index contributed by atoms with van der Waals surface area (Å²) in [5.41, 5.74) is 2.43. The van der Waals surface area contributed by atoms with Crippen LogP contribution in [0.25, 0.3) is 0 Å². The van der Waals surface area contributed by atoms with E-state index >= 15 is 0 Å². The number of rotatable bonds is 19. The van der Waals surface area contributed by atoms with E-state index in [2.05, 4.69) is 107 Å². The number of nitrogens with zero attached hydrogens (tertiary/aromatic N) is 1. The molecule has 0 aliphatic carbocycles. The lowest BCUT2D eigenvalue weighted by atomic mass is 9.73. The van der Waals surface area contributed by atoms with Gasteiger partial charge in [0.25, 0.3) is 0 Å². The van der Waals surface area contributed by atoms with Crippen LogP contribution >= 0.6 is 0 Å². The summed E-state index contributed by atoms with van der Waals surface area (Å²) in [6, 6.07) is 22.5. The summed E-state index contributed by atoms with van der Waals surface area (Å²) in [7, 11) is 0. The van der Waals surface area contributed by atoms with Crippen LogP contribution in [0.15, 0.2) is 60.7 Å². The molecule has 0 aliphatic heterocycles. The molecule has 2 atom stereocenters. The number of unbranched alkanes of at least 4 members (excludes halogenated alkanes) is 4. The average molecular weight is 494 g/mol. The van der Waals surface area contributed by atoms with E-state index in [1.54, 1.807) is 0 Å². The Morgan fingerprint density at radius 1 is 0.694 bits per heavy atom. The molecular formula is C34H55NO. The molecule has 2 aromatic carbocycles. The van der Waals surface area contributed by atoms with Gasteiger partial charge in [-0.15, -0.1) is 0 Å². The van der Waals surface area contributed by atoms with E-state index in [1.807, 2.05) is 0 Å². The minimum Gasteiger partial charge on any atom is -0.287 e. The van der Waals surface area contributed by atoms with Gasteiger partial charge in [0.15, 0.2) is 0 Å². The number of hydrogen-bond donors (Lipinski definition) is 0. The Labute approximate surface area is 223 Å². The standard InChI is InChI=1S/C34H55NO/c1-7-11-23-31(24-12-8-2)34(27-13-9-3,32-25-19-16-20-26-32)36-35(28-14-10-4)33(29(5)6)30-21-17-15-18-22-30/h15-22,25-26,29,31,33H,7-14,23-24,27-28H2,1-6H3. The van der Waals surface area contributed by atoms with Gasteiger partial charge in [-0.05, 0) is 48.6 Å². The van der Waals surface area contributed by atoms with Gasteiger partial charge in [0.1, 0.15) is 5.60 Å². The fourth-order valence-corrected chi connectivity index (χ4v) is 5.73. The Balaban J connectivity index is 2.65. The molecule has 2 rings (SSSR count). The molecule has 2 nitrogen and oxygen atoms in total. The summed E-state index contributed by atoms with van der Waals surface area (Å²) in [4.78, 5) is 7.60. The molecule has 2 aromatic rings. The molecule has 0 aliphatic rings. The van der Waals surface area contributed by atoms with Gasteiger partial charge in [-0.2, -0.15) is 5.06 Å². The number of hydroxylamine groups is 2. The zero-order valence-electron chi connectivity index (χ0n) is 24.3. The monoisotopic (exact) mass is 493 g/mol. The summed E-state index contributed by atoms with van der Waals surface area (Å²) in [5.74, 6) is 0.965. The minimum atomic E-state index is -0.294. The van der Waals surface area contributed by atoms with Gasteiger partial charge < -0.3 is 0 Å². The van der Waals surface area contributed by atoms with E-state index in [9.17, 15) is 0 Å². The third-order valence-electron chi connectivity index (χ3n) is 7.73. The lowest BCUT2D eigenvalue weighted by Gasteiger charge is -2.47. The van der Waals surface area contributed by atoms with Gasteiger partial charge in [-0.1, -0.05) is 147 Å². The molecule has 0 heterocycles. The summed E-state index contributed by atoms with van der Waals surface area (Å²) in [6.45, 7) is 14.9. The topological polar surface area (TPSA) is 12.5 Å². The summed E-state index contributed by atoms with van der Waals surface area (Å²) < 4.78 is 0. The zero-order valence-corrected chi connectivity index (χ0v) is 24.3. The van der Waals surface area contributed by atoms with Crippen LogP contribution in [0.2, 0.25) is 0 Å². The van der Waals surface area contributed by atoms with Gasteiger partial charge >= 0.3 is 0 Å². The first-order valence-corrected chi connectivity index (χ1v) is 15.1. The van der Waals surface area contributed by atoms with Crippen LogP contribution in [-0.2, 0) is 10.4 Å². The molecule has 202 valence electrons. The lowest BCUT2D eigenvalue weighted by molar-refractivity contribution is -0.301. The first-order chi connectivity index (χ1) is 17.5. The minimum absolute atomic E-state index is 0.237. The van der Waals surface area contributed by atoms with Crippen molar-refractivity contribution >= 4 is 0 Å². The van der Waals surface area contributed by atoms with Crippen molar-refractivity contribution in [1.82, 2.24) is 5.06 Å². The maximum atomic E-state index is 7.60. The van der Waals surface area contributed by atoms with E-state index in [-0.39, 0.29) is 11.6 Å². The van der Waals surface area contributed by atoms with Gasteiger partial charge in [-0.25, -0.2) is 0 Å². The number of benzene rings is 2. The molecule has 0 amide bonds. The van der Waals surface area contributed by atoms with Crippen molar-refractivity contribution in [3.8, 4) is 0 Å². The first kappa shape index (κ1) is 30.6. The van der Waals surface area contributed by atoms with Gasteiger partial charge in [0.2, 0.25) is 0 Å². The Kier molecular flexibility index (Phi) is 14.4. The van der Waals surface area contributed by atoms with Crippen molar-refractivity contribution in [2.75, 3.05) is 6.54 Å². The maximum Gasteiger partial charge on any atom is 0.118 e. The smallest absolute Gasteiger partial charge is 0.118 e. The molecule has 2 heteroatoms. The van der Waals surface area contributed by atoms with E-state index in [0.717, 1.165) is 19.4 Å². The normalized spacial score (nSPS) is 14.5. The Bertz CT molecular complexity index is 781. The summed E-state index contributed by atoms with van der Waals surface area (Å²) in [6.07, 6.45) is 13.2. The van der Waals surface area contributed by atoms with Gasteiger partial charge in [0.05, 0.1) is 6.04 Å². The second kappa shape index (κ2) is 17.0. The van der Waals surface area contributed by atoms with Gasteiger partial charge in [0, 0.05) is 6.54 Å². The summed E-state index contributed by atoms with van der Waals surface area (Å²) >= 11 is 0. The van der Waals surface area contributed by atoms with Crippen LogP contribution in [0.4, 0.5) is 0 Å². The van der Waals surface area contributed by atoms with Crippen molar-refractivity contribution in [3.63, 3.8) is 0 Å². The molecule has 0 radical (unpaired) electrons. The molecule has 0 saturated carbocycles. The van der Waals surface area contributed by atoms with Crippen molar-refractivity contribution in [2.24, 2.45) is 11.8 Å². The molecule has 2 unspecified atom stereocenters. The van der Waals surface area contributed by atoms with Gasteiger partial charge in [-0.3, -0.25) is 4.84 Å². The Morgan fingerprint density at radius 3 is 1.72 bits per heavy atom. The largest absolute Gasteiger partial charge is 0.287 e. The quantitative estimate of drug-likeness (QED) is 0.180. The number of hydrogen-bond acceptors (Lipinski definition) is 2. The fraction of sp³-hybridized carbons (Fsp3) is 0.647. The first-order valence-electron chi connectivity index (χ1n) is 15.1. The average Bonchev–Trinajstić information content (AvgIpc) is 2.90. The predicted octanol–water partition coefficient (Wildman–Crippen LogP) is 10.5. The van der Waals surface area contributed by atoms with Crippen molar-refractivity contribution < 1.29 is 4.84 Å². The zero-order chi connectivity index (χ0) is 26.2. The van der Waals surface area contributed by atoms with E-state index < -0.39 is 0 Å². The molecule has 0 aromatic heterocycles. The second-order valence-corrected chi connectivity index (χ2v) is 11.0. The van der Waals surface area contributed by atoms with Crippen LogP contribution in [0.5, 0.6) is 0 Å². The van der Waals surface area contributed by atoms with Crippen molar-refractivity contribution in [3.05, 3.63) is 71.8 Å². The van der Waals surface area contributed by atoms with Crippen LogP contribution < -0.4 is 0 Å². The predicted molar refractivity (Wildman–Crippen MR) is 157 cm³/mol. The maximum absolute atomic E-state index is 7.60. The van der Waals surface area contributed by atoms with Crippen LogP contribution in [0.1, 0.15) is 129 Å². The summed E-state index contributed by atoms with van der Waals surface area (Å²) in [5, 5.41) is 2.41. The molecular weight excluding hydrogens is 438 g/mol. The van der Waals surface area contributed by atoms with Crippen molar-refractivity contribution in [2.45, 2.75) is 124 Å². The SMILES string of the molecule is CCCCC(CCCC)C(CCCC)(ON(CCCC)C(c1ccccc1)C(C)C)c1ccccc1. The molecule has 0 spiro atoms. The lowest BCUT2D eigenvalue weighted by Crippen LogP contribution is -2.46. The highest BCUT2D eigenvalue weighted by molar-refractivity contribution is 5.24. The van der Waals surface area contributed by atoms with Crippen LogP contribution in [-0.4, -0.2) is 11.6 Å². The van der Waals surface area contributed by atoms with Crippen molar-refractivity contribution in [1.29, 1.82) is 0 Å². The highest BCUT2D eigenvalue weighted by Crippen LogP contribution is 2.46. The van der Waals surface area contributed by atoms with E-state index in [1.165, 1.54) is 68.9 Å². The van der Waals surface area contributed by atoms with E-state index in [4.69, 9.17) is 4.84 Å². The molecule has 0 N–H and O–H groups in total. The molecule has 0 bridgehead atoms. The van der Waals surface area contributed by atoms with Crippen LogP contribution in [0.3, 0.4) is 0 Å². The highest BCUT2D eigenvalue weighted by Gasteiger charge is 2.44. The van der Waals surface area contributed by atoms with Crippen LogP contribution in [0, 0.1) is 11.8 Å². The highest BCUT2D eigenvalue weighted by atomic mass is 16.7. The third-order valence-corrected chi connectivity index (χ3v) is 7.73. The third kappa shape index (κ3) is 8.73. The molecule has 0 saturated heterocycles. The Hall–Kier alpha value is -1.64. The molecule has 0 fully saturated rings. The van der Waals surface area contributed by atoms with E-state index in [0.29, 0.717) is 11.8 Å². The Morgan fingerprint density at radius 2 is 1.22 bits per heavy atom.